The minimum atomic E-state index is -1.60. The van der Waals surface area contributed by atoms with E-state index < -0.39 is 21.3 Å². The van der Waals surface area contributed by atoms with Crippen molar-refractivity contribution in [2.75, 3.05) is 0 Å². The molecule has 0 fully saturated rings. The number of hydrogen-bond acceptors (Lipinski definition) is 0. The van der Waals surface area contributed by atoms with Crippen LogP contribution < -0.4 is 24.8 Å². The van der Waals surface area contributed by atoms with Gasteiger partial charge in [0.25, 0.3) is 0 Å². The van der Waals surface area contributed by atoms with Gasteiger partial charge in [-0.25, -0.2) is 0 Å². The molecule has 0 aromatic rings. The Morgan fingerprint density at radius 1 is 1.25 bits per heavy atom. The number of hydrogen-bond donors (Lipinski definition) is 0. The van der Waals surface area contributed by atoms with Gasteiger partial charge >= 0.3 is 94.2 Å². The number of halogens is 2. The topological polar surface area (TPSA) is 0 Å². The zero-order valence-electron chi connectivity index (χ0n) is 10.7. The van der Waals surface area contributed by atoms with E-state index in [4.69, 9.17) is 0 Å². The molecule has 2 aliphatic carbocycles. The quantitative estimate of drug-likeness (QED) is 0.529. The number of rotatable bonds is 2. The maximum Gasteiger partial charge on any atom is -1.00 e. The van der Waals surface area contributed by atoms with E-state index in [9.17, 15) is 0 Å². The molecule has 0 saturated carbocycles. The third-order valence-corrected chi connectivity index (χ3v) is 8.58. The third-order valence-electron chi connectivity index (χ3n) is 3.07. The fraction of sp³-hybridized carbons (Fsp3) is 0.308. The first-order chi connectivity index (χ1) is 6.68. The van der Waals surface area contributed by atoms with Crippen molar-refractivity contribution < 1.29 is 47.5 Å². The molecule has 0 radical (unpaired) electrons. The second kappa shape index (κ2) is 6.89. The predicted molar refractivity (Wildman–Crippen MR) is 61.1 cm³/mol. The van der Waals surface area contributed by atoms with Gasteiger partial charge in [-0.2, -0.15) is 0 Å². The molecule has 16 heavy (non-hydrogen) atoms. The first kappa shape index (κ1) is 16.3. The molecule has 0 amide bonds. The maximum absolute atomic E-state index is 4.46. The zero-order chi connectivity index (χ0) is 10.1. The fourth-order valence-corrected chi connectivity index (χ4v) is 6.71. The Balaban J connectivity index is 0. The van der Waals surface area contributed by atoms with Crippen molar-refractivity contribution in [3.05, 3.63) is 42.0 Å². The molecule has 0 bridgehead atoms. The molecule has 0 aromatic heterocycles. The molecule has 0 N–H and O–H groups in total. The Morgan fingerprint density at radius 3 is 2.38 bits per heavy atom. The Hall–Kier alpha value is 0.293. The van der Waals surface area contributed by atoms with Gasteiger partial charge in [0.15, 0.2) is 0 Å². The van der Waals surface area contributed by atoms with Crippen LogP contribution in [0.1, 0.15) is 28.1 Å². The SMILES string of the molecule is [CH2]=[Zr+3]([C]1=CC=CC1)[C]1=CC(C)=C(C)C1.[Cl-].[Cl-].[H-]. The first-order valence-corrected chi connectivity index (χ1v) is 9.30. The monoisotopic (exact) mass is 333 g/mol. The van der Waals surface area contributed by atoms with Crippen LogP contribution in [0.25, 0.3) is 0 Å². The summed E-state index contributed by atoms with van der Waals surface area (Å²) < 4.78 is 7.80. The van der Waals surface area contributed by atoms with Gasteiger partial charge in [0, 0.05) is 0 Å². The molecular weight excluding hydrogens is 318 g/mol. The van der Waals surface area contributed by atoms with Crippen molar-refractivity contribution in [3.63, 3.8) is 0 Å². The van der Waals surface area contributed by atoms with E-state index in [1.807, 2.05) is 0 Å². The molecule has 2 rings (SSSR count). The summed E-state index contributed by atoms with van der Waals surface area (Å²) in [6.07, 6.45) is 11.5. The molecular formula is C13H17Cl2Zr. The van der Waals surface area contributed by atoms with Gasteiger partial charge in [0.1, 0.15) is 0 Å². The van der Waals surface area contributed by atoms with Crippen LogP contribution in [0.3, 0.4) is 0 Å². The second-order valence-electron chi connectivity index (χ2n) is 4.11. The Kier molecular flexibility index (Phi) is 7.02. The van der Waals surface area contributed by atoms with Gasteiger partial charge in [0.2, 0.25) is 0 Å². The summed E-state index contributed by atoms with van der Waals surface area (Å²) in [6, 6.07) is 0. The maximum atomic E-state index is 4.46. The minimum Gasteiger partial charge on any atom is -1.00 e. The summed E-state index contributed by atoms with van der Waals surface area (Å²) in [6.45, 7) is 4.47. The van der Waals surface area contributed by atoms with Gasteiger partial charge in [-0.3, -0.25) is 0 Å². The Morgan fingerprint density at radius 2 is 1.94 bits per heavy atom. The van der Waals surface area contributed by atoms with Crippen molar-refractivity contribution in [1.29, 1.82) is 0 Å². The first-order valence-electron chi connectivity index (χ1n) is 5.11. The van der Waals surface area contributed by atoms with Gasteiger partial charge in [-0.1, -0.05) is 0 Å². The summed E-state index contributed by atoms with van der Waals surface area (Å²) in [7, 11) is 0. The van der Waals surface area contributed by atoms with Crippen molar-refractivity contribution in [3.8, 4) is 0 Å². The van der Waals surface area contributed by atoms with Crippen molar-refractivity contribution >= 4 is 4.21 Å². The molecule has 0 heterocycles. The zero-order valence-corrected chi connectivity index (χ0v) is 13.7. The molecule has 87 valence electrons. The Bertz CT molecular complexity index is 417. The summed E-state index contributed by atoms with van der Waals surface area (Å²) in [5, 5.41) is 0. The summed E-state index contributed by atoms with van der Waals surface area (Å²) in [5.74, 6) is 0. The van der Waals surface area contributed by atoms with Crippen LogP contribution in [0.4, 0.5) is 0 Å². The van der Waals surface area contributed by atoms with Crippen LogP contribution in [0.2, 0.25) is 0 Å². The number of allylic oxidation sites excluding steroid dienone is 8. The predicted octanol–water partition coefficient (Wildman–Crippen LogP) is -2.38. The average molecular weight is 335 g/mol. The van der Waals surface area contributed by atoms with E-state index in [1.165, 1.54) is 18.4 Å². The standard InChI is InChI=1S/C7H9.C5H5.CH2.2ClH.Zr.H/c1-6-4-3-5-7(6)2;1-2-4-5-3-1;;;;;/h4H,5H2,1-2H3;1-3H,4H2;1H2;2*1H;;/q;;;;;+3;-1/p-2. The summed E-state index contributed by atoms with van der Waals surface area (Å²) in [5.41, 5.74) is 3.03. The third kappa shape index (κ3) is 3.39. The normalized spacial score (nSPS) is 17.1. The van der Waals surface area contributed by atoms with Crippen LogP contribution >= 0.6 is 0 Å². The molecule has 0 nitrogen and oxygen atoms in total. The average Bonchev–Trinajstić information content (AvgIpc) is 2.76. The molecule has 0 aliphatic heterocycles. The van der Waals surface area contributed by atoms with Crippen LogP contribution in [-0.2, 0) is 21.3 Å². The largest absolute Gasteiger partial charge is 1.00 e. The molecule has 2 aliphatic rings. The van der Waals surface area contributed by atoms with Crippen LogP contribution in [-0.4, -0.2) is 4.21 Å². The smallest absolute Gasteiger partial charge is 1.00 e. The van der Waals surface area contributed by atoms with E-state index in [0.29, 0.717) is 0 Å². The second-order valence-corrected chi connectivity index (χ2v) is 9.62. The Labute approximate surface area is 120 Å². The molecule has 0 saturated heterocycles. The fourth-order valence-electron chi connectivity index (χ4n) is 1.93. The molecule has 0 spiro atoms. The van der Waals surface area contributed by atoms with E-state index in [2.05, 4.69) is 42.4 Å². The molecule has 3 heteroatoms. The van der Waals surface area contributed by atoms with E-state index >= 15 is 0 Å². The van der Waals surface area contributed by atoms with Gasteiger partial charge in [0.05, 0.1) is 0 Å². The van der Waals surface area contributed by atoms with Crippen molar-refractivity contribution in [1.82, 2.24) is 0 Å². The van der Waals surface area contributed by atoms with Crippen LogP contribution in [0, 0.1) is 0 Å². The summed E-state index contributed by atoms with van der Waals surface area (Å²) >= 11 is -1.60. The van der Waals surface area contributed by atoms with E-state index in [1.54, 1.807) is 12.1 Å². The molecule has 0 unspecified atom stereocenters. The molecule has 0 aromatic carbocycles. The van der Waals surface area contributed by atoms with E-state index in [0.717, 1.165) is 0 Å². The van der Waals surface area contributed by atoms with E-state index in [-0.39, 0.29) is 26.2 Å². The van der Waals surface area contributed by atoms with Crippen LogP contribution in [0.5, 0.6) is 0 Å². The molecule has 0 atom stereocenters. The minimum absolute atomic E-state index is 0. The van der Waals surface area contributed by atoms with Crippen LogP contribution in [0.15, 0.2) is 42.0 Å². The van der Waals surface area contributed by atoms with Gasteiger partial charge < -0.3 is 26.2 Å². The van der Waals surface area contributed by atoms with Crippen molar-refractivity contribution in [2.24, 2.45) is 0 Å². The summed E-state index contributed by atoms with van der Waals surface area (Å²) in [4.78, 5) is 0. The van der Waals surface area contributed by atoms with Crippen molar-refractivity contribution in [2.45, 2.75) is 26.7 Å². The van der Waals surface area contributed by atoms with Gasteiger partial charge in [-0.15, -0.1) is 0 Å². The van der Waals surface area contributed by atoms with Gasteiger partial charge in [-0.05, 0) is 0 Å².